The molecule has 2 aromatic rings. The molecule has 0 aliphatic carbocycles. The highest BCUT2D eigenvalue weighted by Crippen LogP contribution is 2.21. The summed E-state index contributed by atoms with van der Waals surface area (Å²) in [5.41, 5.74) is 1.06. The van der Waals surface area contributed by atoms with Crippen molar-refractivity contribution in [3.63, 3.8) is 0 Å². The fourth-order valence-electron chi connectivity index (χ4n) is 2.62. The number of benzene rings is 1. The van der Waals surface area contributed by atoms with Crippen LogP contribution < -0.4 is 10.2 Å². The normalized spacial score (nSPS) is 14.7. The maximum atomic E-state index is 12.3. The summed E-state index contributed by atoms with van der Waals surface area (Å²) in [6, 6.07) is 7.01. The molecule has 0 atom stereocenters. The number of piperazine rings is 1. The third kappa shape index (κ3) is 3.94. The third-order valence-electron chi connectivity index (χ3n) is 3.93. The zero-order valence-electron chi connectivity index (χ0n) is 13.6. The summed E-state index contributed by atoms with van der Waals surface area (Å²) in [5, 5.41) is 21.8. The number of nitrogens with zero attached hydrogens (tertiary/aromatic N) is 4. The van der Waals surface area contributed by atoms with E-state index in [0.29, 0.717) is 18.2 Å². The highest BCUT2D eigenvalue weighted by atomic mass is 32.1. The Balaban J connectivity index is 1.52. The summed E-state index contributed by atoms with van der Waals surface area (Å²) in [5.74, 6) is 0.260. The van der Waals surface area contributed by atoms with Crippen LogP contribution in [0.5, 0.6) is 5.75 Å². The number of aromatic hydroxyl groups is 1. The predicted octanol–water partition coefficient (Wildman–Crippen LogP) is 2.55. The van der Waals surface area contributed by atoms with Gasteiger partial charge in [0.1, 0.15) is 10.8 Å². The highest BCUT2D eigenvalue weighted by molar-refractivity contribution is 7.15. The number of phenols is 1. The molecule has 0 spiro atoms. The number of hydrogen-bond acceptors (Lipinski definition) is 6. The summed E-state index contributed by atoms with van der Waals surface area (Å²) >= 11 is 1.43. The van der Waals surface area contributed by atoms with E-state index in [1.807, 2.05) is 12.1 Å². The van der Waals surface area contributed by atoms with Crippen LogP contribution in [-0.2, 0) is 6.42 Å². The maximum Gasteiger partial charge on any atom is 0.323 e. The number of nitrogens with one attached hydrogen (secondary N) is 1. The number of hydrogen-bond donors (Lipinski definition) is 2. The summed E-state index contributed by atoms with van der Waals surface area (Å²) in [4.78, 5) is 16.3. The first-order chi connectivity index (χ1) is 11.7. The minimum atomic E-state index is -0.125. The average molecular weight is 347 g/mol. The fraction of sp³-hybridized carbons (Fsp3) is 0.438. The monoisotopic (exact) mass is 347 g/mol. The second-order valence-corrected chi connectivity index (χ2v) is 6.73. The topological polar surface area (TPSA) is 81.6 Å². The zero-order chi connectivity index (χ0) is 16.9. The van der Waals surface area contributed by atoms with Crippen molar-refractivity contribution in [2.45, 2.75) is 19.8 Å². The van der Waals surface area contributed by atoms with E-state index in [1.54, 1.807) is 17.0 Å². The Hall–Kier alpha value is -2.35. The minimum Gasteiger partial charge on any atom is -0.508 e. The number of amides is 2. The number of anilines is 2. The Morgan fingerprint density at radius 1 is 1.21 bits per heavy atom. The summed E-state index contributed by atoms with van der Waals surface area (Å²) < 4.78 is 0. The molecule has 0 radical (unpaired) electrons. The van der Waals surface area contributed by atoms with Crippen LogP contribution in [-0.4, -0.2) is 52.4 Å². The van der Waals surface area contributed by atoms with Gasteiger partial charge in [0.05, 0.1) is 0 Å². The first-order valence-electron chi connectivity index (χ1n) is 8.08. The van der Waals surface area contributed by atoms with Crippen molar-refractivity contribution >= 4 is 28.2 Å². The van der Waals surface area contributed by atoms with Gasteiger partial charge in [0, 0.05) is 38.3 Å². The molecule has 2 heterocycles. The molecule has 128 valence electrons. The molecule has 1 saturated heterocycles. The Bertz CT molecular complexity index is 680. The Labute approximate surface area is 144 Å². The smallest absolute Gasteiger partial charge is 0.323 e. The van der Waals surface area contributed by atoms with E-state index in [9.17, 15) is 9.90 Å². The SMILES string of the molecule is CCCc1nnc(NC(=O)N2CCN(c3ccc(O)cc3)CC2)s1. The third-order valence-corrected chi connectivity index (χ3v) is 4.82. The molecule has 1 aromatic heterocycles. The van der Waals surface area contributed by atoms with Crippen LogP contribution in [0.1, 0.15) is 18.4 Å². The number of aryl methyl sites for hydroxylation is 1. The van der Waals surface area contributed by atoms with Gasteiger partial charge < -0.3 is 14.9 Å². The quantitative estimate of drug-likeness (QED) is 0.888. The van der Waals surface area contributed by atoms with Crippen molar-refractivity contribution in [2.75, 3.05) is 36.4 Å². The lowest BCUT2D eigenvalue weighted by molar-refractivity contribution is 0.208. The molecule has 0 unspecified atom stereocenters. The molecular weight excluding hydrogens is 326 g/mol. The van der Waals surface area contributed by atoms with Crippen molar-refractivity contribution in [3.05, 3.63) is 29.3 Å². The van der Waals surface area contributed by atoms with E-state index < -0.39 is 0 Å². The van der Waals surface area contributed by atoms with Gasteiger partial charge in [-0.25, -0.2) is 4.79 Å². The first kappa shape index (κ1) is 16.5. The van der Waals surface area contributed by atoms with Gasteiger partial charge in [0.15, 0.2) is 0 Å². The van der Waals surface area contributed by atoms with E-state index in [-0.39, 0.29) is 11.8 Å². The summed E-state index contributed by atoms with van der Waals surface area (Å²) in [6.07, 6.45) is 1.90. The van der Waals surface area contributed by atoms with Gasteiger partial charge in [-0.15, -0.1) is 10.2 Å². The number of carbonyl (C=O) groups is 1. The van der Waals surface area contributed by atoms with Gasteiger partial charge in [-0.1, -0.05) is 18.3 Å². The second kappa shape index (κ2) is 7.48. The highest BCUT2D eigenvalue weighted by Gasteiger charge is 2.22. The van der Waals surface area contributed by atoms with Crippen molar-refractivity contribution in [3.8, 4) is 5.75 Å². The van der Waals surface area contributed by atoms with Crippen LogP contribution in [0.25, 0.3) is 0 Å². The first-order valence-corrected chi connectivity index (χ1v) is 8.89. The maximum absolute atomic E-state index is 12.3. The Morgan fingerprint density at radius 2 is 1.92 bits per heavy atom. The fourth-order valence-corrected chi connectivity index (χ4v) is 3.45. The standard InChI is InChI=1S/C16H21N5O2S/c1-2-3-14-18-19-15(24-14)17-16(23)21-10-8-20(9-11-21)12-4-6-13(22)7-5-12/h4-7,22H,2-3,8-11H2,1H3,(H,17,19,23). The van der Waals surface area contributed by atoms with E-state index in [0.717, 1.165) is 36.6 Å². The Morgan fingerprint density at radius 3 is 2.58 bits per heavy atom. The molecule has 3 rings (SSSR count). The minimum absolute atomic E-state index is 0.125. The lowest BCUT2D eigenvalue weighted by Gasteiger charge is -2.35. The van der Waals surface area contributed by atoms with Gasteiger partial charge in [0.2, 0.25) is 5.13 Å². The molecule has 2 amide bonds. The van der Waals surface area contributed by atoms with Gasteiger partial charge in [-0.05, 0) is 30.7 Å². The number of phenolic OH excluding ortho intramolecular Hbond substituents is 1. The second-order valence-electron chi connectivity index (χ2n) is 5.67. The molecule has 1 aliphatic rings. The van der Waals surface area contributed by atoms with Crippen molar-refractivity contribution in [1.29, 1.82) is 0 Å². The summed E-state index contributed by atoms with van der Waals surface area (Å²) in [6.45, 7) is 4.90. The van der Waals surface area contributed by atoms with Crippen LogP contribution >= 0.6 is 11.3 Å². The molecule has 8 heteroatoms. The van der Waals surface area contributed by atoms with E-state index >= 15 is 0 Å². The number of aromatic nitrogens is 2. The molecule has 1 fully saturated rings. The van der Waals surface area contributed by atoms with Crippen molar-refractivity contribution < 1.29 is 9.90 Å². The number of urea groups is 1. The zero-order valence-corrected chi connectivity index (χ0v) is 14.4. The van der Waals surface area contributed by atoms with Gasteiger partial charge in [0.25, 0.3) is 0 Å². The lowest BCUT2D eigenvalue weighted by atomic mass is 10.2. The largest absolute Gasteiger partial charge is 0.508 e. The average Bonchev–Trinajstić information content (AvgIpc) is 3.03. The summed E-state index contributed by atoms with van der Waals surface area (Å²) in [7, 11) is 0. The molecule has 1 aliphatic heterocycles. The van der Waals surface area contributed by atoms with Gasteiger partial charge in [-0.2, -0.15) is 0 Å². The predicted molar refractivity (Wildman–Crippen MR) is 94.8 cm³/mol. The molecular formula is C16H21N5O2S. The van der Waals surface area contributed by atoms with Crippen LogP contribution in [0.3, 0.4) is 0 Å². The molecule has 0 saturated carbocycles. The molecule has 2 N–H and O–H groups in total. The number of rotatable bonds is 4. The molecule has 7 nitrogen and oxygen atoms in total. The Kier molecular flexibility index (Phi) is 5.14. The van der Waals surface area contributed by atoms with E-state index in [2.05, 4.69) is 27.3 Å². The molecule has 24 heavy (non-hydrogen) atoms. The lowest BCUT2D eigenvalue weighted by Crippen LogP contribution is -2.50. The van der Waals surface area contributed by atoms with Crippen molar-refractivity contribution in [2.24, 2.45) is 0 Å². The molecule has 0 bridgehead atoms. The van der Waals surface area contributed by atoms with Crippen LogP contribution in [0.2, 0.25) is 0 Å². The van der Waals surface area contributed by atoms with Crippen molar-refractivity contribution in [1.82, 2.24) is 15.1 Å². The van der Waals surface area contributed by atoms with Gasteiger partial charge >= 0.3 is 6.03 Å². The number of carbonyl (C=O) groups excluding carboxylic acids is 1. The van der Waals surface area contributed by atoms with E-state index in [1.165, 1.54) is 11.3 Å². The van der Waals surface area contributed by atoms with Crippen LogP contribution in [0.4, 0.5) is 15.6 Å². The van der Waals surface area contributed by atoms with Crippen LogP contribution in [0.15, 0.2) is 24.3 Å². The molecule has 1 aromatic carbocycles. The van der Waals surface area contributed by atoms with E-state index in [4.69, 9.17) is 0 Å². The van der Waals surface area contributed by atoms with Gasteiger partial charge in [-0.3, -0.25) is 5.32 Å². The van der Waals surface area contributed by atoms with Crippen LogP contribution in [0, 0.1) is 0 Å².